The largest absolute Gasteiger partial charge is 0.447 e. The molecule has 0 radical (unpaired) electrons. The van der Waals surface area contributed by atoms with Crippen molar-refractivity contribution in [1.29, 1.82) is 0 Å². The number of amides is 2. The molecule has 1 aromatic carbocycles. The summed E-state index contributed by atoms with van der Waals surface area (Å²) in [7, 11) is 0. The molecule has 5 nitrogen and oxygen atoms in total. The Morgan fingerprint density at radius 2 is 2.21 bits per heavy atom. The Morgan fingerprint density at radius 1 is 1.42 bits per heavy atom. The van der Waals surface area contributed by atoms with Gasteiger partial charge in [0.2, 0.25) is 0 Å². The van der Waals surface area contributed by atoms with Crippen LogP contribution in [-0.2, 0) is 9.53 Å². The highest BCUT2D eigenvalue weighted by atomic mass is 32.1. The molecule has 6 heteroatoms. The minimum absolute atomic E-state index is 0.0399. The minimum Gasteiger partial charge on any atom is -0.447 e. The summed E-state index contributed by atoms with van der Waals surface area (Å²) >= 11 is 4.79. The number of carbonyl (C=O) groups excluding carboxylic acids is 2. The Bertz CT molecular complexity index is 766. The van der Waals surface area contributed by atoms with Gasteiger partial charge >= 0.3 is 6.09 Å². The number of rotatable bonds is 3. The first kappa shape index (κ1) is 15.5. The lowest BCUT2D eigenvalue weighted by Gasteiger charge is -2.49. The van der Waals surface area contributed by atoms with E-state index in [1.54, 1.807) is 0 Å². The number of carbonyl (C=O) groups is 2. The van der Waals surface area contributed by atoms with Crippen LogP contribution in [0.15, 0.2) is 23.2 Å². The molecule has 0 spiro atoms. The van der Waals surface area contributed by atoms with Crippen LogP contribution in [0.5, 0.6) is 0 Å². The maximum Gasteiger partial charge on any atom is 0.416 e. The monoisotopic (exact) mass is 342 g/mol. The Balaban J connectivity index is 1.73. The van der Waals surface area contributed by atoms with Gasteiger partial charge in [0, 0.05) is 5.92 Å². The fourth-order valence-electron chi connectivity index (χ4n) is 4.34. The first-order chi connectivity index (χ1) is 11.6. The zero-order chi connectivity index (χ0) is 16.8. The topological polar surface area (TPSA) is 59.0 Å². The maximum atomic E-state index is 12.9. The molecule has 1 saturated carbocycles. The normalized spacial score (nSPS) is 28.3. The van der Waals surface area contributed by atoms with Crippen molar-refractivity contribution in [1.82, 2.24) is 4.90 Å². The summed E-state index contributed by atoms with van der Waals surface area (Å²) in [5.74, 6) is 0.633. The van der Waals surface area contributed by atoms with Crippen LogP contribution >= 0.6 is 12.2 Å². The van der Waals surface area contributed by atoms with Crippen molar-refractivity contribution in [2.24, 2.45) is 10.9 Å². The molecule has 2 atom stereocenters. The summed E-state index contributed by atoms with van der Waals surface area (Å²) in [6, 6.07) is 5.70. The summed E-state index contributed by atoms with van der Waals surface area (Å²) in [5.41, 5.74) is 3.72. The van der Waals surface area contributed by atoms with Crippen LogP contribution < -0.4 is 0 Å². The van der Waals surface area contributed by atoms with Crippen LogP contribution in [0.2, 0.25) is 0 Å². The predicted octanol–water partition coefficient (Wildman–Crippen LogP) is 3.04. The second kappa shape index (κ2) is 5.80. The highest BCUT2D eigenvalue weighted by Crippen LogP contribution is 2.57. The molecular weight excluding hydrogens is 324 g/mol. The van der Waals surface area contributed by atoms with Crippen molar-refractivity contribution in [2.75, 3.05) is 13.2 Å². The van der Waals surface area contributed by atoms with Gasteiger partial charge in [-0.25, -0.2) is 14.7 Å². The quantitative estimate of drug-likeness (QED) is 0.626. The number of imide groups is 1. The molecule has 24 heavy (non-hydrogen) atoms. The van der Waals surface area contributed by atoms with Gasteiger partial charge in [-0.3, -0.25) is 4.79 Å². The highest BCUT2D eigenvalue weighted by molar-refractivity contribution is 7.78. The molecule has 2 amide bonds. The average Bonchev–Trinajstić information content (AvgIpc) is 2.95. The van der Waals surface area contributed by atoms with Gasteiger partial charge < -0.3 is 4.74 Å². The van der Waals surface area contributed by atoms with Gasteiger partial charge in [-0.1, -0.05) is 23.8 Å². The fourth-order valence-corrected chi connectivity index (χ4v) is 4.45. The molecule has 4 aliphatic rings. The van der Waals surface area contributed by atoms with Crippen LogP contribution in [0, 0.1) is 12.8 Å². The van der Waals surface area contributed by atoms with E-state index in [4.69, 9.17) is 17.0 Å². The SMILES string of the molecule is Cc1ccc2c(c1)C1CC(C1)C2C(N=C=S)C(=O)N1CCOC1=O. The fraction of sp³-hybridized carbons (Fsp3) is 0.500. The van der Waals surface area contributed by atoms with Crippen molar-refractivity contribution in [3.05, 3.63) is 34.9 Å². The van der Waals surface area contributed by atoms with E-state index < -0.39 is 12.1 Å². The van der Waals surface area contributed by atoms with Gasteiger partial charge in [0.15, 0.2) is 0 Å². The van der Waals surface area contributed by atoms with Crippen molar-refractivity contribution in [3.8, 4) is 0 Å². The maximum absolute atomic E-state index is 12.9. The lowest BCUT2D eigenvalue weighted by atomic mass is 9.55. The van der Waals surface area contributed by atoms with E-state index in [2.05, 4.69) is 35.3 Å². The molecule has 1 heterocycles. The summed E-state index contributed by atoms with van der Waals surface area (Å²) < 4.78 is 4.90. The van der Waals surface area contributed by atoms with Gasteiger partial charge in [0.1, 0.15) is 12.6 Å². The highest BCUT2D eigenvalue weighted by Gasteiger charge is 2.50. The summed E-state index contributed by atoms with van der Waals surface area (Å²) in [6.45, 7) is 2.60. The Hall–Kier alpha value is -2.04. The van der Waals surface area contributed by atoms with Gasteiger partial charge in [-0.2, -0.15) is 0 Å². The number of isothiocyanates is 1. The molecule has 1 aliphatic heterocycles. The molecule has 124 valence electrons. The second-order valence-electron chi connectivity index (χ2n) is 6.86. The number of aryl methyl sites for hydroxylation is 1. The second-order valence-corrected chi connectivity index (χ2v) is 7.04. The molecule has 2 bridgehead atoms. The minimum atomic E-state index is -0.694. The molecule has 1 aromatic rings. The standard InChI is InChI=1S/C18H18N2O3S/c1-10-2-3-13-14(6-10)11-7-12(8-11)15(13)16(19-9-24)17(21)20-4-5-23-18(20)22/h2-3,6,11-12,15-16H,4-5,7-8H2,1H3. The van der Waals surface area contributed by atoms with Crippen molar-refractivity contribution in [2.45, 2.75) is 37.6 Å². The number of thiocarbonyl (C=S) groups is 1. The number of hydrogen-bond donors (Lipinski definition) is 0. The summed E-state index contributed by atoms with van der Waals surface area (Å²) in [5, 5.41) is 2.37. The number of benzene rings is 1. The molecule has 1 saturated heterocycles. The first-order valence-corrected chi connectivity index (χ1v) is 8.66. The molecule has 0 N–H and O–H groups in total. The van der Waals surface area contributed by atoms with Crippen molar-refractivity contribution < 1.29 is 14.3 Å². The van der Waals surface area contributed by atoms with E-state index in [1.807, 2.05) is 0 Å². The van der Waals surface area contributed by atoms with E-state index in [0.29, 0.717) is 11.8 Å². The smallest absolute Gasteiger partial charge is 0.416 e. The molecule has 2 unspecified atom stereocenters. The zero-order valence-corrected chi connectivity index (χ0v) is 14.2. The van der Waals surface area contributed by atoms with Crippen LogP contribution in [0.25, 0.3) is 0 Å². The Morgan fingerprint density at radius 3 is 2.88 bits per heavy atom. The number of aliphatic imine (C=N–C) groups is 1. The van der Waals surface area contributed by atoms with E-state index in [9.17, 15) is 9.59 Å². The van der Waals surface area contributed by atoms with E-state index >= 15 is 0 Å². The molecular formula is C18H18N2O3S. The lowest BCUT2D eigenvalue weighted by Crippen LogP contribution is -2.47. The number of hydrogen-bond acceptors (Lipinski definition) is 5. The van der Waals surface area contributed by atoms with Crippen LogP contribution in [0.3, 0.4) is 0 Å². The van der Waals surface area contributed by atoms with E-state index in [0.717, 1.165) is 17.7 Å². The first-order valence-electron chi connectivity index (χ1n) is 8.25. The number of nitrogens with zero attached hydrogens (tertiary/aromatic N) is 2. The molecule has 2 fully saturated rings. The average molecular weight is 342 g/mol. The van der Waals surface area contributed by atoms with Crippen LogP contribution in [0.4, 0.5) is 4.79 Å². The zero-order valence-electron chi connectivity index (χ0n) is 13.4. The van der Waals surface area contributed by atoms with Crippen LogP contribution in [-0.4, -0.2) is 41.3 Å². The lowest BCUT2D eigenvalue weighted by molar-refractivity contribution is -0.130. The molecule has 5 rings (SSSR count). The van der Waals surface area contributed by atoms with Gasteiger partial charge in [-0.05, 0) is 54.9 Å². The third kappa shape index (κ3) is 2.29. The van der Waals surface area contributed by atoms with Gasteiger partial charge in [0.05, 0.1) is 11.7 Å². The molecule has 3 aliphatic carbocycles. The van der Waals surface area contributed by atoms with Gasteiger partial charge in [0.25, 0.3) is 5.91 Å². The third-order valence-electron chi connectivity index (χ3n) is 5.54. The predicted molar refractivity (Wildman–Crippen MR) is 91.3 cm³/mol. The number of cyclic esters (lactones) is 1. The van der Waals surface area contributed by atoms with Crippen LogP contribution in [0.1, 0.15) is 41.4 Å². The molecule has 0 aromatic heterocycles. The van der Waals surface area contributed by atoms with E-state index in [1.165, 1.54) is 16.7 Å². The number of ether oxygens (including phenoxy) is 1. The summed E-state index contributed by atoms with van der Waals surface area (Å²) in [6.07, 6.45) is 1.56. The Labute approximate surface area is 145 Å². The Kier molecular flexibility index (Phi) is 3.74. The van der Waals surface area contributed by atoms with Crippen molar-refractivity contribution >= 4 is 29.4 Å². The third-order valence-corrected chi connectivity index (χ3v) is 5.64. The van der Waals surface area contributed by atoms with Crippen molar-refractivity contribution in [3.63, 3.8) is 0 Å². The van der Waals surface area contributed by atoms with E-state index in [-0.39, 0.29) is 25.0 Å². The summed E-state index contributed by atoms with van der Waals surface area (Å²) in [4.78, 5) is 30.1. The van der Waals surface area contributed by atoms with Gasteiger partial charge in [-0.15, -0.1) is 0 Å².